The van der Waals surface area contributed by atoms with Gasteiger partial charge in [0.1, 0.15) is 24.2 Å². The third-order valence-corrected chi connectivity index (χ3v) is 10.2. The van der Waals surface area contributed by atoms with E-state index in [1.807, 2.05) is 60.7 Å². The molecule has 4 amide bonds. The summed E-state index contributed by atoms with van der Waals surface area (Å²) in [6, 6.07) is 18.6. The van der Waals surface area contributed by atoms with Crippen LogP contribution < -0.4 is 0 Å². The Bertz CT molecular complexity index is 1140. The van der Waals surface area contributed by atoms with Crippen molar-refractivity contribution in [2.45, 2.75) is 37.0 Å². The minimum Gasteiger partial charge on any atom is -0.332 e. The van der Waals surface area contributed by atoms with Crippen molar-refractivity contribution in [2.24, 2.45) is 0 Å². The fourth-order valence-electron chi connectivity index (χ4n) is 5.76. The van der Waals surface area contributed by atoms with E-state index >= 15 is 0 Å². The summed E-state index contributed by atoms with van der Waals surface area (Å²) in [5.74, 6) is 3.67. The lowest BCUT2D eigenvalue weighted by Gasteiger charge is -2.45. The van der Waals surface area contributed by atoms with Gasteiger partial charge in [0, 0.05) is 63.0 Å². The van der Waals surface area contributed by atoms with Crippen molar-refractivity contribution in [2.75, 3.05) is 50.2 Å². The Labute approximate surface area is 244 Å². The summed E-state index contributed by atoms with van der Waals surface area (Å²) in [6.07, 6.45) is 1.19. The summed E-state index contributed by atoms with van der Waals surface area (Å²) in [4.78, 5) is 57.0. The molecule has 4 fully saturated rings. The maximum atomic E-state index is 12.6. The third kappa shape index (κ3) is 5.88. The van der Waals surface area contributed by atoms with Crippen LogP contribution in [0.5, 0.6) is 0 Å². The number of carbonyl (C=O) groups excluding carboxylic acids is 4. The van der Waals surface area contributed by atoms with Gasteiger partial charge in [-0.15, -0.1) is 0 Å². The molecule has 4 saturated heterocycles. The van der Waals surface area contributed by atoms with Gasteiger partial charge in [0.25, 0.3) is 0 Å². The molecule has 4 atom stereocenters. The van der Waals surface area contributed by atoms with Gasteiger partial charge in [-0.1, -0.05) is 60.7 Å². The van der Waals surface area contributed by atoms with Crippen LogP contribution in [0.15, 0.2) is 60.7 Å². The van der Waals surface area contributed by atoms with E-state index in [4.69, 9.17) is 0 Å². The number of hydrogen-bond donors (Lipinski definition) is 0. The maximum absolute atomic E-state index is 12.6. The monoisotopic (exact) mass is 580 g/mol. The SMILES string of the molecule is CN1C(=O)[C@@H]2CSCCN2C(=O)[C@@H]1Cc1ccccc1.CN1C(=O)[C@@H]2CSCCN2C(=O)[C@@H]1Cc1ccccc1. The van der Waals surface area contributed by atoms with E-state index in [2.05, 4.69) is 0 Å². The number of piperazine rings is 2. The van der Waals surface area contributed by atoms with Crippen molar-refractivity contribution in [3.05, 3.63) is 71.8 Å². The van der Waals surface area contributed by atoms with E-state index in [1.165, 1.54) is 0 Å². The molecule has 4 heterocycles. The predicted molar refractivity (Wildman–Crippen MR) is 159 cm³/mol. The van der Waals surface area contributed by atoms with Crippen molar-refractivity contribution < 1.29 is 19.2 Å². The molecule has 40 heavy (non-hydrogen) atoms. The predicted octanol–water partition coefficient (Wildman–Crippen LogP) is 2.03. The highest BCUT2D eigenvalue weighted by Crippen LogP contribution is 2.27. The number of thioether (sulfide) groups is 2. The smallest absolute Gasteiger partial charge is 0.246 e. The van der Waals surface area contributed by atoms with Crippen LogP contribution in [0.25, 0.3) is 0 Å². The van der Waals surface area contributed by atoms with Gasteiger partial charge < -0.3 is 19.6 Å². The molecule has 0 radical (unpaired) electrons. The first-order valence-corrected chi connectivity index (χ1v) is 16.1. The molecular formula is C30H36N4O4S2. The van der Waals surface area contributed by atoms with Gasteiger partial charge in [0.05, 0.1) is 0 Å². The molecule has 2 aromatic rings. The highest BCUT2D eigenvalue weighted by atomic mass is 32.2. The zero-order valence-electron chi connectivity index (χ0n) is 23.0. The molecule has 4 aliphatic rings. The van der Waals surface area contributed by atoms with E-state index in [0.29, 0.717) is 25.9 Å². The van der Waals surface area contributed by atoms with Gasteiger partial charge in [0.15, 0.2) is 0 Å². The number of benzene rings is 2. The molecule has 0 spiro atoms. The topological polar surface area (TPSA) is 81.2 Å². The average molecular weight is 581 g/mol. The van der Waals surface area contributed by atoms with Crippen LogP contribution in [0.3, 0.4) is 0 Å². The molecule has 0 bridgehead atoms. The first-order valence-electron chi connectivity index (χ1n) is 13.7. The van der Waals surface area contributed by atoms with Gasteiger partial charge in [0.2, 0.25) is 23.6 Å². The van der Waals surface area contributed by atoms with E-state index in [1.54, 1.807) is 57.2 Å². The normalized spacial score (nSPS) is 26.6. The highest BCUT2D eigenvalue weighted by Gasteiger charge is 2.46. The fourth-order valence-corrected chi connectivity index (χ4v) is 7.84. The lowest BCUT2D eigenvalue weighted by atomic mass is 9.99. The van der Waals surface area contributed by atoms with E-state index in [-0.39, 0.29) is 47.8 Å². The van der Waals surface area contributed by atoms with Crippen LogP contribution in [-0.4, -0.2) is 118 Å². The van der Waals surface area contributed by atoms with Crippen molar-refractivity contribution in [1.82, 2.24) is 19.6 Å². The Morgan fingerprint density at radius 1 is 0.600 bits per heavy atom. The molecular weight excluding hydrogens is 544 g/mol. The maximum Gasteiger partial charge on any atom is 0.246 e. The molecule has 8 nitrogen and oxygen atoms in total. The van der Waals surface area contributed by atoms with Crippen molar-refractivity contribution in [3.8, 4) is 0 Å². The number of likely N-dealkylation sites (N-methyl/N-ethyl adjacent to an activating group) is 2. The summed E-state index contributed by atoms with van der Waals surface area (Å²) in [7, 11) is 3.51. The van der Waals surface area contributed by atoms with Crippen LogP contribution in [-0.2, 0) is 32.0 Å². The summed E-state index contributed by atoms with van der Waals surface area (Å²) in [6.45, 7) is 1.39. The zero-order valence-corrected chi connectivity index (χ0v) is 24.6. The van der Waals surface area contributed by atoms with Gasteiger partial charge >= 0.3 is 0 Å². The summed E-state index contributed by atoms with van der Waals surface area (Å²) < 4.78 is 0. The average Bonchev–Trinajstić information content (AvgIpc) is 3.00. The third-order valence-electron chi connectivity index (χ3n) is 8.14. The highest BCUT2D eigenvalue weighted by molar-refractivity contribution is 7.99. The number of amides is 4. The minimum atomic E-state index is -0.357. The number of fused-ring (bicyclic) bond motifs is 2. The Balaban J connectivity index is 0.000000161. The molecule has 0 aromatic heterocycles. The Hall–Kier alpha value is -2.98. The Morgan fingerprint density at radius 3 is 1.35 bits per heavy atom. The first-order chi connectivity index (χ1) is 19.4. The van der Waals surface area contributed by atoms with Crippen LogP contribution in [0.2, 0.25) is 0 Å². The van der Waals surface area contributed by atoms with Crippen molar-refractivity contribution in [1.29, 1.82) is 0 Å². The number of carbonyl (C=O) groups is 4. The molecule has 0 N–H and O–H groups in total. The van der Waals surface area contributed by atoms with Gasteiger partial charge in [-0.05, 0) is 11.1 Å². The standard InChI is InChI=1S/2C15H18N2O2S/c2*1-16-12(9-11-5-3-2-4-6-11)15(19)17-7-8-20-10-13(17)14(16)18/h2*2-6,12-13H,7-10H2,1H3/t2*12-,13-/m00/s1. The van der Waals surface area contributed by atoms with E-state index in [0.717, 1.165) is 34.1 Å². The zero-order chi connectivity index (χ0) is 28.2. The van der Waals surface area contributed by atoms with Gasteiger partial charge in [-0.2, -0.15) is 23.5 Å². The number of rotatable bonds is 4. The largest absolute Gasteiger partial charge is 0.332 e. The second-order valence-electron chi connectivity index (χ2n) is 10.6. The van der Waals surface area contributed by atoms with E-state index in [9.17, 15) is 19.2 Å². The van der Waals surface area contributed by atoms with Gasteiger partial charge in [-0.3, -0.25) is 19.2 Å². The Morgan fingerprint density at radius 2 is 0.975 bits per heavy atom. The quantitative estimate of drug-likeness (QED) is 0.551. The number of nitrogens with zero attached hydrogens (tertiary/aromatic N) is 4. The molecule has 4 aliphatic heterocycles. The number of hydrogen-bond acceptors (Lipinski definition) is 6. The molecule has 2 aromatic carbocycles. The second-order valence-corrected chi connectivity index (χ2v) is 12.9. The summed E-state index contributed by atoms with van der Waals surface area (Å²) in [5, 5.41) is 0. The minimum absolute atomic E-state index is 0.0812. The van der Waals surface area contributed by atoms with Crippen LogP contribution >= 0.6 is 23.5 Å². The molecule has 6 rings (SSSR count). The lowest BCUT2D eigenvalue weighted by Crippen LogP contribution is -2.66. The molecule has 10 heteroatoms. The molecule has 212 valence electrons. The lowest BCUT2D eigenvalue weighted by molar-refractivity contribution is -0.159. The first kappa shape index (κ1) is 28.5. The van der Waals surface area contributed by atoms with Crippen molar-refractivity contribution in [3.63, 3.8) is 0 Å². The molecule has 0 saturated carbocycles. The molecule has 0 aliphatic carbocycles. The van der Waals surface area contributed by atoms with Crippen LogP contribution in [0.4, 0.5) is 0 Å². The summed E-state index contributed by atoms with van der Waals surface area (Å²) >= 11 is 3.50. The van der Waals surface area contributed by atoms with Crippen LogP contribution in [0.1, 0.15) is 11.1 Å². The second kappa shape index (κ2) is 12.7. The van der Waals surface area contributed by atoms with Gasteiger partial charge in [-0.25, -0.2) is 0 Å². The van der Waals surface area contributed by atoms with Crippen molar-refractivity contribution >= 4 is 47.2 Å². The van der Waals surface area contributed by atoms with Crippen LogP contribution in [0, 0.1) is 0 Å². The molecule has 0 unspecified atom stereocenters. The summed E-state index contributed by atoms with van der Waals surface area (Å²) in [5.41, 5.74) is 2.19. The fraction of sp³-hybridized carbons (Fsp3) is 0.467. The van der Waals surface area contributed by atoms with E-state index < -0.39 is 0 Å². The Kier molecular flexibility index (Phi) is 9.05.